The zero-order chi connectivity index (χ0) is 20.1. The van der Waals surface area contributed by atoms with Gasteiger partial charge in [0.25, 0.3) is 11.8 Å². The topological polar surface area (TPSA) is 96.2 Å². The first-order valence-corrected chi connectivity index (χ1v) is 11.1. The maximum absolute atomic E-state index is 12.4. The SMILES string of the molecule is Cc1cc(CNC(=O)c2ccc(C(=O)NC[C@@H]3CC(SN)CN3)s2)ccc1Cl. The lowest BCUT2D eigenvalue weighted by Crippen LogP contribution is -2.36. The summed E-state index contributed by atoms with van der Waals surface area (Å²) in [5.74, 6) is -0.361. The van der Waals surface area contributed by atoms with Gasteiger partial charge in [0, 0.05) is 35.9 Å². The summed E-state index contributed by atoms with van der Waals surface area (Å²) in [6, 6.07) is 9.24. The van der Waals surface area contributed by atoms with Gasteiger partial charge in [0.15, 0.2) is 0 Å². The molecular weight excluding hydrogens is 416 g/mol. The third-order valence-corrected chi connectivity index (χ3v) is 6.86. The Morgan fingerprint density at radius 3 is 2.61 bits per heavy atom. The molecule has 0 bridgehead atoms. The second-order valence-corrected chi connectivity index (χ2v) is 9.17. The summed E-state index contributed by atoms with van der Waals surface area (Å²) in [7, 11) is 0. The molecule has 0 saturated carbocycles. The van der Waals surface area contributed by atoms with Crippen LogP contribution >= 0.6 is 34.9 Å². The predicted molar refractivity (Wildman–Crippen MR) is 116 cm³/mol. The monoisotopic (exact) mass is 438 g/mol. The van der Waals surface area contributed by atoms with Crippen LogP contribution in [0.5, 0.6) is 0 Å². The molecule has 1 unspecified atom stereocenters. The van der Waals surface area contributed by atoms with Crippen molar-refractivity contribution in [3.05, 3.63) is 56.2 Å². The lowest BCUT2D eigenvalue weighted by atomic mass is 10.1. The van der Waals surface area contributed by atoms with Gasteiger partial charge in [-0.25, -0.2) is 0 Å². The van der Waals surface area contributed by atoms with Crippen LogP contribution in [-0.4, -0.2) is 36.2 Å². The van der Waals surface area contributed by atoms with Gasteiger partial charge in [-0.15, -0.1) is 11.3 Å². The molecular formula is C19H23ClN4O2S2. The number of amides is 2. The molecule has 28 heavy (non-hydrogen) atoms. The Bertz CT molecular complexity index is 858. The van der Waals surface area contributed by atoms with E-state index in [1.807, 2.05) is 25.1 Å². The fraction of sp³-hybridized carbons (Fsp3) is 0.368. The van der Waals surface area contributed by atoms with E-state index < -0.39 is 0 Å². The number of hydrogen-bond donors (Lipinski definition) is 4. The maximum atomic E-state index is 12.4. The fourth-order valence-corrected chi connectivity index (χ4v) is 4.50. The first-order chi connectivity index (χ1) is 13.5. The van der Waals surface area contributed by atoms with Gasteiger partial charge in [-0.2, -0.15) is 0 Å². The summed E-state index contributed by atoms with van der Waals surface area (Å²) in [6.07, 6.45) is 0.934. The van der Waals surface area contributed by atoms with Crippen LogP contribution < -0.4 is 21.1 Å². The van der Waals surface area contributed by atoms with Crippen molar-refractivity contribution in [1.29, 1.82) is 0 Å². The van der Waals surface area contributed by atoms with E-state index in [0.717, 1.165) is 24.1 Å². The van der Waals surface area contributed by atoms with Crippen LogP contribution in [0, 0.1) is 6.92 Å². The van der Waals surface area contributed by atoms with Gasteiger partial charge in [-0.05, 0) is 42.7 Å². The number of thiophene rings is 1. The minimum Gasteiger partial charge on any atom is -0.350 e. The average Bonchev–Trinajstić information content (AvgIpc) is 3.36. The van der Waals surface area contributed by atoms with E-state index in [1.165, 1.54) is 23.3 Å². The molecule has 2 aromatic rings. The normalized spacial score (nSPS) is 18.8. The highest BCUT2D eigenvalue weighted by Crippen LogP contribution is 2.19. The maximum Gasteiger partial charge on any atom is 0.261 e. The van der Waals surface area contributed by atoms with E-state index in [4.69, 9.17) is 16.7 Å². The van der Waals surface area contributed by atoms with E-state index in [9.17, 15) is 9.59 Å². The molecule has 1 aliphatic rings. The molecule has 0 radical (unpaired) electrons. The number of rotatable bonds is 7. The van der Waals surface area contributed by atoms with Crippen LogP contribution in [0.15, 0.2) is 30.3 Å². The van der Waals surface area contributed by atoms with E-state index in [0.29, 0.717) is 33.1 Å². The lowest BCUT2D eigenvalue weighted by Gasteiger charge is -2.11. The number of nitrogens with one attached hydrogen (secondary N) is 3. The number of aryl methyl sites for hydroxylation is 1. The Balaban J connectivity index is 1.49. The predicted octanol–water partition coefficient (Wildman–Crippen LogP) is 2.71. The van der Waals surface area contributed by atoms with Crippen molar-refractivity contribution in [2.75, 3.05) is 13.1 Å². The molecule has 2 heterocycles. The Morgan fingerprint density at radius 2 is 1.96 bits per heavy atom. The van der Waals surface area contributed by atoms with Crippen molar-refractivity contribution >= 4 is 46.7 Å². The Hall–Kier alpha value is -1.58. The number of carbonyl (C=O) groups is 2. The minimum atomic E-state index is -0.197. The first kappa shape index (κ1) is 21.1. The molecule has 9 heteroatoms. The number of carbonyl (C=O) groups excluding carboxylic acids is 2. The summed E-state index contributed by atoms with van der Waals surface area (Å²) in [6.45, 7) is 3.74. The van der Waals surface area contributed by atoms with E-state index in [1.54, 1.807) is 12.1 Å². The summed E-state index contributed by atoms with van der Waals surface area (Å²) in [5.41, 5.74) is 1.94. The van der Waals surface area contributed by atoms with Crippen LogP contribution in [0.2, 0.25) is 5.02 Å². The molecule has 2 atom stereocenters. The largest absolute Gasteiger partial charge is 0.350 e. The molecule has 6 nitrogen and oxygen atoms in total. The van der Waals surface area contributed by atoms with Gasteiger partial charge >= 0.3 is 0 Å². The van der Waals surface area contributed by atoms with Crippen LogP contribution in [0.25, 0.3) is 0 Å². The Labute approximate surface area is 177 Å². The van der Waals surface area contributed by atoms with Crippen LogP contribution in [0.1, 0.15) is 36.9 Å². The number of benzene rings is 1. The molecule has 1 aromatic heterocycles. The highest BCUT2D eigenvalue weighted by atomic mass is 35.5. The number of hydrogen-bond acceptors (Lipinski definition) is 6. The van der Waals surface area contributed by atoms with Crippen molar-refractivity contribution in [3.63, 3.8) is 0 Å². The molecule has 1 aliphatic heterocycles. The molecule has 3 rings (SSSR count). The van der Waals surface area contributed by atoms with Crippen LogP contribution in [0.4, 0.5) is 0 Å². The summed E-state index contributed by atoms with van der Waals surface area (Å²) in [5, 5.41) is 15.8. The number of halogens is 1. The van der Waals surface area contributed by atoms with Gasteiger partial charge in [-0.3, -0.25) is 14.7 Å². The summed E-state index contributed by atoms with van der Waals surface area (Å²) in [4.78, 5) is 25.7. The lowest BCUT2D eigenvalue weighted by molar-refractivity contribution is 0.0948. The van der Waals surface area contributed by atoms with E-state index in [2.05, 4.69) is 16.0 Å². The van der Waals surface area contributed by atoms with Crippen LogP contribution in [-0.2, 0) is 6.54 Å². The third kappa shape index (κ3) is 5.48. The van der Waals surface area contributed by atoms with Gasteiger partial charge in [0.05, 0.1) is 9.75 Å². The van der Waals surface area contributed by atoms with Gasteiger partial charge in [0.2, 0.25) is 0 Å². The van der Waals surface area contributed by atoms with E-state index in [-0.39, 0.29) is 17.9 Å². The van der Waals surface area contributed by atoms with Crippen molar-refractivity contribution in [1.82, 2.24) is 16.0 Å². The van der Waals surface area contributed by atoms with Crippen LogP contribution in [0.3, 0.4) is 0 Å². The smallest absolute Gasteiger partial charge is 0.261 e. The van der Waals surface area contributed by atoms with Crippen molar-refractivity contribution in [3.8, 4) is 0 Å². The fourth-order valence-electron chi connectivity index (χ4n) is 3.01. The minimum absolute atomic E-state index is 0.164. The molecule has 0 spiro atoms. The molecule has 2 amide bonds. The zero-order valence-electron chi connectivity index (χ0n) is 15.5. The van der Waals surface area contributed by atoms with Crippen molar-refractivity contribution in [2.45, 2.75) is 31.2 Å². The summed E-state index contributed by atoms with van der Waals surface area (Å²) < 4.78 is 0. The molecule has 1 fully saturated rings. The standard InChI is InChI=1S/C19H23ClN4O2S2/c1-11-6-12(2-3-15(11)20)8-23-18(25)16-4-5-17(27-16)19(26)24-9-13-7-14(28-21)10-22-13/h2-6,13-14,22H,7-10,21H2,1H3,(H,23,25)(H,24,26)/t13-,14?/m0/s1. The highest BCUT2D eigenvalue weighted by Gasteiger charge is 2.24. The average molecular weight is 439 g/mol. The third-order valence-electron chi connectivity index (χ3n) is 4.61. The summed E-state index contributed by atoms with van der Waals surface area (Å²) >= 11 is 8.56. The Kier molecular flexibility index (Phi) is 7.36. The second-order valence-electron chi connectivity index (χ2n) is 6.74. The molecule has 1 aromatic carbocycles. The zero-order valence-corrected chi connectivity index (χ0v) is 17.8. The molecule has 150 valence electrons. The van der Waals surface area contributed by atoms with Gasteiger partial charge in [0.1, 0.15) is 0 Å². The highest BCUT2D eigenvalue weighted by molar-refractivity contribution is 7.97. The number of nitrogens with two attached hydrogens (primary N) is 1. The van der Waals surface area contributed by atoms with Gasteiger partial charge < -0.3 is 16.0 Å². The van der Waals surface area contributed by atoms with Gasteiger partial charge in [-0.1, -0.05) is 35.7 Å². The van der Waals surface area contributed by atoms with E-state index >= 15 is 0 Å². The van der Waals surface area contributed by atoms with Crippen molar-refractivity contribution < 1.29 is 9.59 Å². The first-order valence-electron chi connectivity index (χ1n) is 8.96. The quantitative estimate of drug-likeness (QED) is 0.498. The second kappa shape index (κ2) is 9.76. The molecule has 1 saturated heterocycles. The van der Waals surface area contributed by atoms with Crippen molar-refractivity contribution in [2.24, 2.45) is 5.14 Å². The Morgan fingerprint density at radius 1 is 1.25 bits per heavy atom. The molecule has 0 aliphatic carbocycles. The molecule has 5 N–H and O–H groups in total.